The fraction of sp³-hybridized carbons (Fsp3) is 0.556. The number of likely N-dealkylation sites (tertiary alicyclic amines) is 1. The van der Waals surface area contributed by atoms with Gasteiger partial charge in [0, 0.05) is 43.3 Å². The maximum absolute atomic E-state index is 12.9. The molecule has 1 aromatic rings. The average molecular weight is 315 g/mol. The minimum absolute atomic E-state index is 0.0121. The molecule has 0 spiro atoms. The molecule has 0 bridgehead atoms. The van der Waals surface area contributed by atoms with Crippen LogP contribution in [0.1, 0.15) is 49.0 Å². The molecule has 3 rings (SSSR count). The lowest BCUT2D eigenvalue weighted by molar-refractivity contribution is -0.116. The van der Waals surface area contributed by atoms with E-state index in [-0.39, 0.29) is 23.9 Å². The van der Waals surface area contributed by atoms with Gasteiger partial charge in [0.1, 0.15) is 0 Å². The summed E-state index contributed by atoms with van der Waals surface area (Å²) in [6.07, 6.45) is 3.96. The third-order valence-electron chi connectivity index (χ3n) is 5.02. The summed E-state index contributed by atoms with van der Waals surface area (Å²) in [5.74, 6) is 0.118. The van der Waals surface area contributed by atoms with Crippen LogP contribution in [0.4, 0.5) is 5.69 Å². The van der Waals surface area contributed by atoms with Gasteiger partial charge in [-0.3, -0.25) is 9.59 Å². The first-order valence-corrected chi connectivity index (χ1v) is 8.46. The van der Waals surface area contributed by atoms with E-state index in [1.54, 1.807) is 11.8 Å². The molecule has 1 fully saturated rings. The standard InChI is InChI=1S/C18H25N3O2/c1-12(19)16-5-3-4-9-21(16)18(23)15-6-7-17-14(11-15)8-10-20(17)13(2)22/h6-7,11-12,16H,3-5,8-10,19H2,1-2H3. The summed E-state index contributed by atoms with van der Waals surface area (Å²) in [6.45, 7) is 5.04. The van der Waals surface area contributed by atoms with Crippen LogP contribution in [0.15, 0.2) is 18.2 Å². The van der Waals surface area contributed by atoms with Gasteiger partial charge in [-0.1, -0.05) is 0 Å². The van der Waals surface area contributed by atoms with Gasteiger partial charge >= 0.3 is 0 Å². The summed E-state index contributed by atoms with van der Waals surface area (Å²) in [4.78, 5) is 28.3. The van der Waals surface area contributed by atoms with Crippen molar-refractivity contribution in [2.45, 2.75) is 51.6 Å². The summed E-state index contributed by atoms with van der Waals surface area (Å²) in [5, 5.41) is 0. The number of hydrogen-bond donors (Lipinski definition) is 1. The van der Waals surface area contributed by atoms with E-state index in [1.165, 1.54) is 0 Å². The summed E-state index contributed by atoms with van der Waals surface area (Å²) in [5.41, 5.74) is 8.81. The highest BCUT2D eigenvalue weighted by molar-refractivity contribution is 5.98. The Morgan fingerprint density at radius 1 is 1.26 bits per heavy atom. The Kier molecular flexibility index (Phi) is 4.39. The largest absolute Gasteiger partial charge is 0.334 e. The van der Waals surface area contributed by atoms with Crippen LogP contribution in [0.2, 0.25) is 0 Å². The van der Waals surface area contributed by atoms with Gasteiger partial charge in [0.2, 0.25) is 5.91 Å². The number of anilines is 1. The second-order valence-electron chi connectivity index (χ2n) is 6.68. The first kappa shape index (κ1) is 16.0. The van der Waals surface area contributed by atoms with Gasteiger partial charge in [-0.05, 0) is 56.4 Å². The number of piperidine rings is 1. The number of amides is 2. The number of nitrogens with zero attached hydrogens (tertiary/aromatic N) is 2. The summed E-state index contributed by atoms with van der Waals surface area (Å²) < 4.78 is 0. The highest BCUT2D eigenvalue weighted by Crippen LogP contribution is 2.30. The Bertz CT molecular complexity index is 627. The van der Waals surface area contributed by atoms with E-state index in [4.69, 9.17) is 5.73 Å². The number of carbonyl (C=O) groups excluding carboxylic acids is 2. The topological polar surface area (TPSA) is 66.6 Å². The molecular weight excluding hydrogens is 290 g/mol. The lowest BCUT2D eigenvalue weighted by Gasteiger charge is -2.38. The van der Waals surface area contributed by atoms with Crippen LogP contribution in [-0.2, 0) is 11.2 Å². The molecule has 2 N–H and O–H groups in total. The van der Waals surface area contributed by atoms with Crippen LogP contribution in [0.25, 0.3) is 0 Å². The summed E-state index contributed by atoms with van der Waals surface area (Å²) >= 11 is 0. The van der Waals surface area contributed by atoms with Crippen molar-refractivity contribution < 1.29 is 9.59 Å². The molecule has 23 heavy (non-hydrogen) atoms. The van der Waals surface area contributed by atoms with E-state index in [0.29, 0.717) is 12.1 Å². The highest BCUT2D eigenvalue weighted by Gasteiger charge is 2.31. The molecule has 2 heterocycles. The number of carbonyl (C=O) groups is 2. The molecule has 2 unspecified atom stereocenters. The summed E-state index contributed by atoms with van der Waals surface area (Å²) in [7, 11) is 0. The number of benzene rings is 1. The van der Waals surface area contributed by atoms with Gasteiger partial charge < -0.3 is 15.5 Å². The molecule has 124 valence electrons. The predicted molar refractivity (Wildman–Crippen MR) is 90.5 cm³/mol. The van der Waals surface area contributed by atoms with Gasteiger partial charge in [-0.15, -0.1) is 0 Å². The van der Waals surface area contributed by atoms with Crippen LogP contribution in [-0.4, -0.2) is 41.9 Å². The zero-order valence-corrected chi connectivity index (χ0v) is 13.9. The van der Waals surface area contributed by atoms with E-state index in [9.17, 15) is 9.59 Å². The number of nitrogens with two attached hydrogens (primary N) is 1. The first-order valence-electron chi connectivity index (χ1n) is 8.46. The molecule has 5 heteroatoms. The van der Waals surface area contributed by atoms with Crippen LogP contribution in [0.3, 0.4) is 0 Å². The maximum Gasteiger partial charge on any atom is 0.254 e. The maximum atomic E-state index is 12.9. The van der Waals surface area contributed by atoms with Crippen molar-refractivity contribution in [3.8, 4) is 0 Å². The van der Waals surface area contributed by atoms with Crippen LogP contribution in [0.5, 0.6) is 0 Å². The van der Waals surface area contributed by atoms with Gasteiger partial charge in [-0.25, -0.2) is 0 Å². The molecule has 2 aliphatic heterocycles. The smallest absolute Gasteiger partial charge is 0.254 e. The van der Waals surface area contributed by atoms with Crippen LogP contribution >= 0.6 is 0 Å². The Hall–Kier alpha value is -1.88. The van der Waals surface area contributed by atoms with E-state index in [2.05, 4.69) is 0 Å². The minimum atomic E-state index is -0.0121. The normalized spacial score (nSPS) is 22.0. The molecule has 1 aromatic carbocycles. The molecule has 0 radical (unpaired) electrons. The lowest BCUT2D eigenvalue weighted by Crippen LogP contribution is -2.51. The van der Waals surface area contributed by atoms with Crippen molar-refractivity contribution in [1.82, 2.24) is 4.90 Å². The van der Waals surface area contributed by atoms with E-state index < -0.39 is 0 Å². The Morgan fingerprint density at radius 2 is 2.04 bits per heavy atom. The van der Waals surface area contributed by atoms with Crippen molar-refractivity contribution >= 4 is 17.5 Å². The average Bonchev–Trinajstić information content (AvgIpc) is 2.97. The first-order chi connectivity index (χ1) is 11.0. The van der Waals surface area contributed by atoms with Crippen LogP contribution in [0, 0.1) is 0 Å². The van der Waals surface area contributed by atoms with Gasteiger partial charge in [0.05, 0.1) is 0 Å². The summed E-state index contributed by atoms with van der Waals surface area (Å²) in [6, 6.07) is 5.81. The molecule has 0 aliphatic carbocycles. The van der Waals surface area contributed by atoms with Crippen molar-refractivity contribution in [3.05, 3.63) is 29.3 Å². The van der Waals surface area contributed by atoms with Crippen molar-refractivity contribution in [1.29, 1.82) is 0 Å². The zero-order chi connectivity index (χ0) is 16.6. The van der Waals surface area contributed by atoms with E-state index in [0.717, 1.165) is 43.5 Å². The Morgan fingerprint density at radius 3 is 2.74 bits per heavy atom. The second kappa shape index (κ2) is 6.32. The second-order valence-corrected chi connectivity index (χ2v) is 6.68. The molecule has 5 nitrogen and oxygen atoms in total. The molecule has 1 saturated heterocycles. The number of hydrogen-bond acceptors (Lipinski definition) is 3. The van der Waals surface area contributed by atoms with Crippen molar-refractivity contribution in [2.24, 2.45) is 5.73 Å². The molecule has 0 aromatic heterocycles. The lowest BCUT2D eigenvalue weighted by atomic mass is 9.95. The third kappa shape index (κ3) is 2.98. The zero-order valence-electron chi connectivity index (χ0n) is 13.9. The van der Waals surface area contributed by atoms with Crippen molar-refractivity contribution in [2.75, 3.05) is 18.0 Å². The molecule has 2 atom stereocenters. The Balaban J connectivity index is 1.84. The molecular formula is C18H25N3O2. The minimum Gasteiger partial charge on any atom is -0.334 e. The number of rotatable bonds is 2. The van der Waals surface area contributed by atoms with Gasteiger partial charge in [0.15, 0.2) is 0 Å². The quantitative estimate of drug-likeness (QED) is 0.907. The van der Waals surface area contributed by atoms with E-state index >= 15 is 0 Å². The molecule has 2 aliphatic rings. The monoisotopic (exact) mass is 315 g/mol. The van der Waals surface area contributed by atoms with Gasteiger partial charge in [0.25, 0.3) is 5.91 Å². The molecule has 2 amide bonds. The van der Waals surface area contributed by atoms with Crippen molar-refractivity contribution in [3.63, 3.8) is 0 Å². The SMILES string of the molecule is CC(=O)N1CCc2cc(C(=O)N3CCCCC3C(C)N)ccc21. The highest BCUT2D eigenvalue weighted by atomic mass is 16.2. The fourth-order valence-corrected chi connectivity index (χ4v) is 3.78. The van der Waals surface area contributed by atoms with E-state index in [1.807, 2.05) is 30.0 Å². The Labute approximate surface area is 137 Å². The van der Waals surface area contributed by atoms with Crippen LogP contribution < -0.4 is 10.6 Å². The third-order valence-corrected chi connectivity index (χ3v) is 5.02. The van der Waals surface area contributed by atoms with Gasteiger partial charge in [-0.2, -0.15) is 0 Å². The number of fused-ring (bicyclic) bond motifs is 1. The molecule has 0 saturated carbocycles. The predicted octanol–water partition coefficient (Wildman–Crippen LogP) is 1.94. The fourth-order valence-electron chi connectivity index (χ4n) is 3.78.